The molecule has 17 heavy (non-hydrogen) atoms. The number of hydrazine groups is 1. The number of aliphatic hydroxyl groups is 3. The normalized spacial score (nSPS) is 11.3. The van der Waals surface area contributed by atoms with E-state index in [1.54, 1.807) is 0 Å². The molecule has 0 aliphatic carbocycles. The van der Waals surface area contributed by atoms with Gasteiger partial charge in [0.05, 0.1) is 0 Å². The molecule has 94 valence electrons. The minimum atomic E-state index is -3.58. The minimum Gasteiger partial charge on any atom is -0.383 e. The summed E-state index contributed by atoms with van der Waals surface area (Å²) >= 11 is 0. The zero-order chi connectivity index (χ0) is 13.4. The average Bonchev–Trinajstić information content (AvgIpc) is 2.56. The van der Waals surface area contributed by atoms with E-state index in [2.05, 4.69) is 4.98 Å². The molecule has 1 aromatic rings. The number of aromatic nitrogens is 2. The molecule has 0 aliphatic rings. The standard InChI is InChI=1S/C6H10N6O5/c7-3-2(4(8)13)10-1-11(3)5(14)12(9)6(15,16)17/h1,15-17H,7,9H2,(H2,8,13). The molecule has 0 spiro atoms. The van der Waals surface area contributed by atoms with Gasteiger partial charge >= 0.3 is 12.1 Å². The predicted molar refractivity (Wildman–Crippen MR) is 51.4 cm³/mol. The lowest BCUT2D eigenvalue weighted by molar-refractivity contribution is -0.379. The Morgan fingerprint density at radius 1 is 1.41 bits per heavy atom. The fourth-order valence-corrected chi connectivity index (χ4v) is 0.945. The largest absolute Gasteiger partial charge is 0.387 e. The number of anilines is 1. The molecule has 0 radical (unpaired) electrons. The Hall–Kier alpha value is -2.21. The molecule has 2 amide bonds. The molecule has 1 heterocycles. The number of hydrogen-bond donors (Lipinski definition) is 6. The number of carbonyl (C=O) groups is 2. The Kier molecular flexibility index (Phi) is 3.01. The summed E-state index contributed by atoms with van der Waals surface area (Å²) in [5.74, 6) is 3.45. The smallest absolute Gasteiger partial charge is 0.383 e. The van der Waals surface area contributed by atoms with Gasteiger partial charge in [-0.25, -0.2) is 20.2 Å². The van der Waals surface area contributed by atoms with Gasteiger partial charge in [-0.15, -0.1) is 0 Å². The van der Waals surface area contributed by atoms with Crippen LogP contribution in [0.25, 0.3) is 0 Å². The first-order chi connectivity index (χ1) is 7.66. The lowest BCUT2D eigenvalue weighted by Gasteiger charge is -2.25. The topological polar surface area (TPSA) is 194 Å². The molecule has 0 aromatic carbocycles. The van der Waals surface area contributed by atoms with Crippen LogP contribution in [-0.2, 0) is 0 Å². The summed E-state index contributed by atoms with van der Waals surface area (Å²) in [6.45, 7) is 0. The summed E-state index contributed by atoms with van der Waals surface area (Å²) in [6, 6.07) is -1.34. The van der Waals surface area contributed by atoms with Gasteiger partial charge in [0, 0.05) is 0 Å². The summed E-state index contributed by atoms with van der Waals surface area (Å²) in [7, 11) is 0. The quantitative estimate of drug-likeness (QED) is 0.133. The number of carbonyl (C=O) groups excluding carboxylic acids is 2. The first-order valence-electron chi connectivity index (χ1n) is 4.05. The van der Waals surface area contributed by atoms with Crippen molar-refractivity contribution in [3.05, 3.63) is 12.0 Å². The van der Waals surface area contributed by atoms with Crippen LogP contribution >= 0.6 is 0 Å². The first kappa shape index (κ1) is 12.9. The van der Waals surface area contributed by atoms with Gasteiger partial charge in [0.15, 0.2) is 5.69 Å². The maximum absolute atomic E-state index is 11.5. The highest BCUT2D eigenvalue weighted by Gasteiger charge is 2.33. The highest BCUT2D eigenvalue weighted by Crippen LogP contribution is 2.11. The van der Waals surface area contributed by atoms with Gasteiger partial charge in [0.1, 0.15) is 12.1 Å². The summed E-state index contributed by atoms with van der Waals surface area (Å²) in [6.07, 6.45) is -2.80. The lowest BCUT2D eigenvalue weighted by atomic mass is 10.4. The van der Waals surface area contributed by atoms with Gasteiger partial charge in [0.2, 0.25) is 0 Å². The fraction of sp³-hybridized carbons (Fsp3) is 0.167. The van der Waals surface area contributed by atoms with Gasteiger partial charge in [-0.1, -0.05) is 0 Å². The number of nitrogen functional groups attached to an aromatic ring is 1. The van der Waals surface area contributed by atoms with Gasteiger partial charge in [-0.2, -0.15) is 5.01 Å². The number of nitrogens with two attached hydrogens (primary N) is 3. The maximum atomic E-state index is 11.5. The van der Waals surface area contributed by atoms with E-state index < -0.39 is 29.5 Å². The summed E-state index contributed by atoms with van der Waals surface area (Å²) < 4.78 is 0.498. The number of rotatable bonds is 2. The van der Waals surface area contributed by atoms with Crippen molar-refractivity contribution < 1.29 is 24.9 Å². The van der Waals surface area contributed by atoms with Gasteiger partial charge in [-0.3, -0.25) is 4.79 Å². The van der Waals surface area contributed by atoms with E-state index in [1.807, 2.05) is 0 Å². The molecule has 0 saturated heterocycles. The molecule has 9 N–H and O–H groups in total. The second-order valence-corrected chi connectivity index (χ2v) is 2.97. The Morgan fingerprint density at radius 3 is 2.29 bits per heavy atom. The van der Waals surface area contributed by atoms with Crippen LogP contribution in [0.1, 0.15) is 10.5 Å². The van der Waals surface area contributed by atoms with Crippen LogP contribution in [0.2, 0.25) is 0 Å². The highest BCUT2D eigenvalue weighted by atomic mass is 16.7. The third-order valence-electron chi connectivity index (χ3n) is 1.77. The maximum Gasteiger partial charge on any atom is 0.387 e. The van der Waals surface area contributed by atoms with Crippen molar-refractivity contribution in [2.24, 2.45) is 11.6 Å². The van der Waals surface area contributed by atoms with Crippen LogP contribution in [0.5, 0.6) is 0 Å². The van der Waals surface area contributed by atoms with Crippen LogP contribution in [0.15, 0.2) is 6.33 Å². The average molecular weight is 246 g/mol. The van der Waals surface area contributed by atoms with Gasteiger partial charge in [0.25, 0.3) is 5.91 Å². The van der Waals surface area contributed by atoms with Crippen molar-refractivity contribution >= 4 is 17.8 Å². The molecule has 11 nitrogen and oxygen atoms in total. The fourth-order valence-electron chi connectivity index (χ4n) is 0.945. The van der Waals surface area contributed by atoms with Crippen LogP contribution < -0.4 is 17.3 Å². The summed E-state index contributed by atoms with van der Waals surface area (Å²) in [5, 5.41) is 25.6. The zero-order valence-corrected chi connectivity index (χ0v) is 8.31. The van der Waals surface area contributed by atoms with Gasteiger partial charge < -0.3 is 26.8 Å². The Morgan fingerprint density at radius 2 is 1.94 bits per heavy atom. The molecule has 0 aliphatic heterocycles. The van der Waals surface area contributed by atoms with E-state index in [4.69, 9.17) is 32.6 Å². The Balaban J connectivity index is 3.10. The molecular weight excluding hydrogens is 236 g/mol. The van der Waals surface area contributed by atoms with E-state index >= 15 is 0 Å². The molecule has 1 aromatic heterocycles. The summed E-state index contributed by atoms with van der Waals surface area (Å²) in [5.41, 5.74) is 9.83. The van der Waals surface area contributed by atoms with E-state index in [1.165, 1.54) is 0 Å². The van der Waals surface area contributed by atoms with E-state index in [0.29, 0.717) is 4.57 Å². The van der Waals surface area contributed by atoms with Crippen molar-refractivity contribution in [2.45, 2.75) is 6.10 Å². The Labute approximate surface area is 93.6 Å². The molecule has 0 bridgehead atoms. The van der Waals surface area contributed by atoms with Crippen LogP contribution in [0.3, 0.4) is 0 Å². The van der Waals surface area contributed by atoms with Crippen molar-refractivity contribution in [2.75, 3.05) is 5.73 Å². The zero-order valence-electron chi connectivity index (χ0n) is 8.31. The van der Waals surface area contributed by atoms with E-state index in [9.17, 15) is 9.59 Å². The molecule has 0 saturated carbocycles. The van der Waals surface area contributed by atoms with E-state index in [-0.39, 0.29) is 5.01 Å². The van der Waals surface area contributed by atoms with Crippen LogP contribution in [-0.4, -0.2) is 47.9 Å². The van der Waals surface area contributed by atoms with E-state index in [0.717, 1.165) is 6.33 Å². The molecular formula is C6H10N6O5. The van der Waals surface area contributed by atoms with Crippen molar-refractivity contribution in [3.8, 4) is 0 Å². The monoisotopic (exact) mass is 246 g/mol. The number of amides is 2. The van der Waals surface area contributed by atoms with Crippen molar-refractivity contribution in [1.29, 1.82) is 0 Å². The second kappa shape index (κ2) is 3.99. The third-order valence-corrected chi connectivity index (χ3v) is 1.77. The molecule has 1 rings (SSSR count). The second-order valence-electron chi connectivity index (χ2n) is 2.97. The highest BCUT2D eigenvalue weighted by molar-refractivity contribution is 5.97. The minimum absolute atomic E-state index is 0.337. The molecule has 0 unspecified atom stereocenters. The van der Waals surface area contributed by atoms with Crippen molar-refractivity contribution in [1.82, 2.24) is 14.6 Å². The van der Waals surface area contributed by atoms with Crippen LogP contribution in [0.4, 0.5) is 10.6 Å². The number of primary amides is 1. The first-order valence-corrected chi connectivity index (χ1v) is 4.05. The molecule has 11 heteroatoms. The number of hydrogen-bond acceptors (Lipinski definition) is 8. The lowest BCUT2D eigenvalue weighted by Crippen LogP contribution is -2.57. The third kappa shape index (κ3) is 2.31. The molecule has 0 atom stereocenters. The predicted octanol–water partition coefficient (Wildman–Crippen LogP) is -3.70. The summed E-state index contributed by atoms with van der Waals surface area (Å²) in [4.78, 5) is 25.7. The van der Waals surface area contributed by atoms with Crippen LogP contribution in [0, 0.1) is 0 Å². The van der Waals surface area contributed by atoms with Crippen molar-refractivity contribution in [3.63, 3.8) is 0 Å². The number of imidazole rings is 1. The van der Waals surface area contributed by atoms with Gasteiger partial charge in [-0.05, 0) is 0 Å². The SMILES string of the molecule is NC(=O)c1ncn(C(=O)N(N)C(O)(O)O)c1N. The Bertz CT molecular complexity index is 462. The molecule has 0 fully saturated rings. The number of nitrogens with zero attached hydrogens (tertiary/aromatic N) is 3.